The molecule has 0 aliphatic heterocycles. The third kappa shape index (κ3) is 5.20. The topological polar surface area (TPSA) is 66.2 Å². The van der Waals surface area contributed by atoms with E-state index in [2.05, 4.69) is 4.98 Å². The average Bonchev–Trinajstić information content (AvgIpc) is 2.66. The van der Waals surface area contributed by atoms with Gasteiger partial charge in [0.2, 0.25) is 0 Å². The lowest BCUT2D eigenvalue weighted by Gasteiger charge is -2.27. The second-order valence-corrected chi connectivity index (χ2v) is 5.97. The van der Waals surface area contributed by atoms with Crippen LogP contribution in [0.1, 0.15) is 23.7 Å². The molecular weight excluding hydrogens is 359 g/mol. The first-order valence-corrected chi connectivity index (χ1v) is 8.11. The molecule has 0 saturated heterocycles. The monoisotopic (exact) mass is 377 g/mol. The third-order valence-corrected chi connectivity index (χ3v) is 3.90. The van der Waals surface area contributed by atoms with Gasteiger partial charge in [0, 0.05) is 13.1 Å². The first kappa shape index (κ1) is 20.2. The molecule has 0 fully saturated rings. The first-order chi connectivity index (χ1) is 12.8. The van der Waals surface area contributed by atoms with Crippen LogP contribution in [0.5, 0.6) is 0 Å². The van der Waals surface area contributed by atoms with Crippen molar-refractivity contribution in [3.63, 3.8) is 0 Å². The number of methoxy groups -OCH3 is 1. The van der Waals surface area contributed by atoms with Gasteiger partial charge in [-0.25, -0.2) is 4.98 Å². The maximum atomic E-state index is 13.1. The van der Waals surface area contributed by atoms with Crippen molar-refractivity contribution in [2.75, 3.05) is 18.6 Å². The van der Waals surface area contributed by atoms with Crippen molar-refractivity contribution >= 4 is 11.8 Å². The van der Waals surface area contributed by atoms with Gasteiger partial charge in [-0.2, -0.15) is 18.4 Å². The van der Waals surface area contributed by atoms with Gasteiger partial charge in [-0.15, -0.1) is 0 Å². The van der Waals surface area contributed by atoms with Crippen molar-refractivity contribution < 1.29 is 22.7 Å². The summed E-state index contributed by atoms with van der Waals surface area (Å²) in [4.78, 5) is 17.0. The van der Waals surface area contributed by atoms with E-state index in [1.54, 1.807) is 31.2 Å². The molecule has 8 heteroatoms. The Bertz CT molecular complexity index is 832. The van der Waals surface area contributed by atoms with E-state index in [0.717, 1.165) is 17.7 Å². The van der Waals surface area contributed by atoms with E-state index in [9.17, 15) is 23.2 Å². The number of ether oxygens (including phenoxy) is 1. The fraction of sp³-hybridized carbons (Fsp3) is 0.316. The minimum atomic E-state index is -4.64. The molecule has 1 unspecified atom stereocenters. The predicted octanol–water partition coefficient (Wildman–Crippen LogP) is 3.79. The highest BCUT2D eigenvalue weighted by atomic mass is 19.4. The summed E-state index contributed by atoms with van der Waals surface area (Å²) < 4.78 is 44.0. The molecule has 0 aliphatic carbocycles. The summed E-state index contributed by atoms with van der Waals surface area (Å²) in [6.07, 6.45) is -4.64. The van der Waals surface area contributed by atoms with Gasteiger partial charge in [-0.05, 0) is 17.7 Å². The lowest BCUT2D eigenvalue weighted by Crippen LogP contribution is -2.33. The molecule has 0 radical (unpaired) electrons. The molecule has 0 saturated carbocycles. The van der Waals surface area contributed by atoms with Gasteiger partial charge >= 0.3 is 12.1 Å². The van der Waals surface area contributed by atoms with Crippen molar-refractivity contribution in [2.45, 2.75) is 19.6 Å². The first-order valence-electron chi connectivity index (χ1n) is 8.11. The van der Waals surface area contributed by atoms with Gasteiger partial charge in [-0.1, -0.05) is 37.3 Å². The van der Waals surface area contributed by atoms with Crippen LogP contribution >= 0.6 is 0 Å². The summed E-state index contributed by atoms with van der Waals surface area (Å²) in [5.41, 5.74) is -0.297. The Morgan fingerprint density at radius 3 is 2.48 bits per heavy atom. The number of halogens is 3. The van der Waals surface area contributed by atoms with Crippen molar-refractivity contribution in [2.24, 2.45) is 5.92 Å². The van der Waals surface area contributed by atoms with Gasteiger partial charge in [-0.3, -0.25) is 4.79 Å². The van der Waals surface area contributed by atoms with E-state index in [0.29, 0.717) is 0 Å². The maximum absolute atomic E-state index is 13.1. The number of benzene rings is 1. The molecule has 1 atom stereocenters. The fourth-order valence-electron chi connectivity index (χ4n) is 2.57. The zero-order valence-corrected chi connectivity index (χ0v) is 14.8. The van der Waals surface area contributed by atoms with Crippen LogP contribution in [0.2, 0.25) is 0 Å². The van der Waals surface area contributed by atoms with Gasteiger partial charge in [0.15, 0.2) is 0 Å². The Hall–Kier alpha value is -3.08. The highest BCUT2D eigenvalue weighted by molar-refractivity contribution is 5.73. The summed E-state index contributed by atoms with van der Waals surface area (Å²) in [6.45, 7) is 1.83. The van der Waals surface area contributed by atoms with E-state index in [1.165, 1.54) is 12.0 Å². The molecule has 2 rings (SSSR count). The van der Waals surface area contributed by atoms with Crippen LogP contribution < -0.4 is 4.90 Å². The summed E-state index contributed by atoms with van der Waals surface area (Å²) in [6, 6.07) is 12.7. The molecule has 0 amide bonds. The number of aromatic nitrogens is 1. The predicted molar refractivity (Wildman–Crippen MR) is 92.6 cm³/mol. The van der Waals surface area contributed by atoms with Crippen LogP contribution in [0.15, 0.2) is 42.5 Å². The zero-order chi connectivity index (χ0) is 20.0. The number of esters is 1. The van der Waals surface area contributed by atoms with Crippen LogP contribution in [0.3, 0.4) is 0 Å². The van der Waals surface area contributed by atoms with Gasteiger partial charge < -0.3 is 9.64 Å². The lowest BCUT2D eigenvalue weighted by atomic mass is 10.1. The molecule has 0 spiro atoms. The zero-order valence-electron chi connectivity index (χ0n) is 14.8. The molecule has 0 N–H and O–H groups in total. The summed E-state index contributed by atoms with van der Waals surface area (Å²) >= 11 is 0. The molecule has 5 nitrogen and oxygen atoms in total. The molecule has 0 bridgehead atoms. The minimum Gasteiger partial charge on any atom is -0.469 e. The van der Waals surface area contributed by atoms with E-state index in [-0.39, 0.29) is 24.5 Å². The number of carbonyl (C=O) groups excluding carboxylic acids is 1. The fourth-order valence-corrected chi connectivity index (χ4v) is 2.57. The van der Waals surface area contributed by atoms with E-state index in [1.807, 2.05) is 12.1 Å². The number of pyridine rings is 1. The van der Waals surface area contributed by atoms with E-state index < -0.39 is 23.8 Å². The molecular formula is C19H18F3N3O2. The van der Waals surface area contributed by atoms with Gasteiger partial charge in [0.1, 0.15) is 17.6 Å². The molecule has 1 heterocycles. The molecule has 27 heavy (non-hydrogen) atoms. The lowest BCUT2D eigenvalue weighted by molar-refractivity contribution is -0.144. The van der Waals surface area contributed by atoms with Crippen LogP contribution in [0.4, 0.5) is 19.0 Å². The summed E-state index contributed by atoms with van der Waals surface area (Å²) in [7, 11) is 1.24. The molecule has 1 aromatic heterocycles. The highest BCUT2D eigenvalue weighted by Gasteiger charge is 2.34. The standard InChI is InChI=1S/C19H18F3N3O2/c1-13(18(26)27-2)11-25(12-14-6-4-3-5-7-14)17-15(10-23)8-9-16(24-17)19(20,21)22/h3-9,13H,11-12H2,1-2H3. The second-order valence-electron chi connectivity index (χ2n) is 5.97. The molecule has 0 aliphatic rings. The third-order valence-electron chi connectivity index (χ3n) is 3.90. The van der Waals surface area contributed by atoms with Gasteiger partial charge in [0.05, 0.1) is 18.6 Å². The van der Waals surface area contributed by atoms with E-state index in [4.69, 9.17) is 4.74 Å². The Morgan fingerprint density at radius 2 is 1.93 bits per heavy atom. The highest BCUT2D eigenvalue weighted by Crippen LogP contribution is 2.31. The molecule has 1 aromatic carbocycles. The summed E-state index contributed by atoms with van der Waals surface area (Å²) in [5.74, 6) is -1.24. The minimum absolute atomic E-state index is 0.00371. The van der Waals surface area contributed by atoms with E-state index >= 15 is 0 Å². The maximum Gasteiger partial charge on any atom is 0.433 e. The SMILES string of the molecule is COC(=O)C(C)CN(Cc1ccccc1)c1nc(C(F)(F)F)ccc1C#N. The number of nitriles is 1. The average molecular weight is 377 g/mol. The second kappa shape index (κ2) is 8.54. The Balaban J connectivity index is 2.48. The largest absolute Gasteiger partial charge is 0.469 e. The van der Waals surface area contributed by atoms with Crippen LogP contribution in [-0.4, -0.2) is 24.6 Å². The van der Waals surface area contributed by atoms with Crippen LogP contribution in [0, 0.1) is 17.2 Å². The smallest absolute Gasteiger partial charge is 0.433 e. The Morgan fingerprint density at radius 1 is 1.26 bits per heavy atom. The molecule has 2 aromatic rings. The van der Waals surface area contributed by atoms with Crippen molar-refractivity contribution in [1.82, 2.24) is 4.98 Å². The number of alkyl halides is 3. The number of nitrogens with zero attached hydrogens (tertiary/aromatic N) is 3. The normalized spacial score (nSPS) is 12.1. The quantitative estimate of drug-likeness (QED) is 0.717. The van der Waals surface area contributed by atoms with Crippen molar-refractivity contribution in [3.8, 4) is 6.07 Å². The Kier molecular flexibility index (Phi) is 6.40. The van der Waals surface area contributed by atoms with Crippen molar-refractivity contribution in [1.29, 1.82) is 5.26 Å². The Labute approximate surface area is 155 Å². The molecule has 142 valence electrons. The number of hydrogen-bond donors (Lipinski definition) is 0. The number of carbonyl (C=O) groups is 1. The number of hydrogen-bond acceptors (Lipinski definition) is 5. The number of anilines is 1. The van der Waals surface area contributed by atoms with Crippen LogP contribution in [-0.2, 0) is 22.3 Å². The van der Waals surface area contributed by atoms with Crippen molar-refractivity contribution in [3.05, 3.63) is 59.3 Å². The summed E-state index contributed by atoms with van der Waals surface area (Å²) in [5, 5.41) is 9.33. The number of rotatable bonds is 6. The van der Waals surface area contributed by atoms with Gasteiger partial charge in [0.25, 0.3) is 0 Å². The van der Waals surface area contributed by atoms with Crippen LogP contribution in [0.25, 0.3) is 0 Å².